The Morgan fingerprint density at radius 3 is 2.52 bits per heavy atom. The van der Waals surface area contributed by atoms with Crippen molar-refractivity contribution < 1.29 is 22.8 Å². The molecular weight excluding hydrogens is 389 g/mol. The average Bonchev–Trinajstić information content (AvgIpc) is 2.64. The SMILES string of the molecule is CC(=O)Nc1ccc(NC(=O)Cn2ncc(=O)c3ccccc32)c(C(F)(F)F)c1. The largest absolute Gasteiger partial charge is 0.418 e. The van der Waals surface area contributed by atoms with Crippen LogP contribution in [-0.2, 0) is 22.3 Å². The molecule has 0 saturated heterocycles. The van der Waals surface area contributed by atoms with E-state index in [-0.39, 0.29) is 11.1 Å². The minimum absolute atomic E-state index is 0.0455. The maximum absolute atomic E-state index is 13.4. The highest BCUT2D eigenvalue weighted by Crippen LogP contribution is 2.36. The molecular formula is C19H15F3N4O3. The number of carbonyl (C=O) groups is 2. The lowest BCUT2D eigenvalue weighted by Crippen LogP contribution is -2.24. The predicted octanol–water partition coefficient (Wildman–Crippen LogP) is 3.01. The summed E-state index contributed by atoms with van der Waals surface area (Å²) in [5.74, 6) is -1.28. The maximum atomic E-state index is 13.4. The van der Waals surface area contributed by atoms with Gasteiger partial charge in [0.2, 0.25) is 17.2 Å². The Morgan fingerprint density at radius 2 is 1.83 bits per heavy atom. The Bertz CT molecular complexity index is 1160. The Balaban J connectivity index is 1.89. The van der Waals surface area contributed by atoms with Gasteiger partial charge in [-0.1, -0.05) is 12.1 Å². The molecule has 1 heterocycles. The summed E-state index contributed by atoms with van der Waals surface area (Å²) in [7, 11) is 0. The van der Waals surface area contributed by atoms with Gasteiger partial charge in [-0.3, -0.25) is 19.1 Å². The molecule has 0 fully saturated rings. The van der Waals surface area contributed by atoms with E-state index in [0.717, 1.165) is 18.3 Å². The van der Waals surface area contributed by atoms with Crippen molar-refractivity contribution in [3.05, 3.63) is 64.4 Å². The van der Waals surface area contributed by atoms with Crippen molar-refractivity contribution >= 4 is 34.1 Å². The summed E-state index contributed by atoms with van der Waals surface area (Å²) in [5.41, 5.74) is -1.55. The first-order valence-corrected chi connectivity index (χ1v) is 8.38. The van der Waals surface area contributed by atoms with Gasteiger partial charge >= 0.3 is 6.18 Å². The number of rotatable bonds is 4. The van der Waals surface area contributed by atoms with E-state index in [1.54, 1.807) is 24.3 Å². The fraction of sp³-hybridized carbons (Fsp3) is 0.158. The third-order valence-corrected chi connectivity index (χ3v) is 3.97. The van der Waals surface area contributed by atoms with Crippen molar-refractivity contribution in [3.8, 4) is 0 Å². The van der Waals surface area contributed by atoms with E-state index in [0.29, 0.717) is 10.9 Å². The summed E-state index contributed by atoms with van der Waals surface area (Å²) in [6.07, 6.45) is -3.71. The van der Waals surface area contributed by atoms with Crippen molar-refractivity contribution in [2.24, 2.45) is 0 Å². The van der Waals surface area contributed by atoms with E-state index >= 15 is 0 Å². The van der Waals surface area contributed by atoms with Crippen molar-refractivity contribution in [2.45, 2.75) is 19.6 Å². The Kier molecular flexibility index (Phi) is 5.35. The van der Waals surface area contributed by atoms with E-state index in [9.17, 15) is 27.6 Å². The van der Waals surface area contributed by atoms with Crippen LogP contribution in [0.2, 0.25) is 0 Å². The van der Waals surface area contributed by atoms with Gasteiger partial charge in [0.25, 0.3) is 0 Å². The molecule has 0 aliphatic heterocycles. The van der Waals surface area contributed by atoms with Crippen LogP contribution in [0.15, 0.2) is 53.5 Å². The molecule has 2 N–H and O–H groups in total. The van der Waals surface area contributed by atoms with Crippen LogP contribution in [0.3, 0.4) is 0 Å². The lowest BCUT2D eigenvalue weighted by molar-refractivity contribution is -0.137. The molecule has 0 saturated carbocycles. The molecule has 0 unspecified atom stereocenters. The first-order chi connectivity index (χ1) is 13.6. The molecule has 0 atom stereocenters. The van der Waals surface area contributed by atoms with E-state index in [1.165, 1.54) is 17.7 Å². The van der Waals surface area contributed by atoms with Crippen LogP contribution in [0.25, 0.3) is 10.9 Å². The highest BCUT2D eigenvalue weighted by atomic mass is 19.4. The van der Waals surface area contributed by atoms with Crippen LogP contribution in [0.1, 0.15) is 12.5 Å². The number of carbonyl (C=O) groups excluding carboxylic acids is 2. The van der Waals surface area contributed by atoms with Gasteiger partial charge in [0.05, 0.1) is 23.0 Å². The van der Waals surface area contributed by atoms with Crippen LogP contribution in [-0.4, -0.2) is 21.6 Å². The Hall–Kier alpha value is -3.69. The average molecular weight is 404 g/mol. The summed E-state index contributed by atoms with van der Waals surface area (Å²) in [6, 6.07) is 9.50. The third-order valence-electron chi connectivity index (χ3n) is 3.97. The second-order valence-corrected chi connectivity index (χ2v) is 6.17. The highest BCUT2D eigenvalue weighted by Gasteiger charge is 2.34. The van der Waals surface area contributed by atoms with E-state index in [2.05, 4.69) is 15.7 Å². The molecule has 3 aromatic rings. The number of nitrogens with one attached hydrogen (secondary N) is 2. The summed E-state index contributed by atoms with van der Waals surface area (Å²) >= 11 is 0. The third kappa shape index (κ3) is 4.60. The molecule has 0 aliphatic carbocycles. The summed E-state index contributed by atoms with van der Waals surface area (Å²) < 4.78 is 41.4. The Labute approximate surface area is 162 Å². The van der Waals surface area contributed by atoms with Gasteiger partial charge in [-0.25, -0.2) is 0 Å². The zero-order valence-electron chi connectivity index (χ0n) is 15.1. The van der Waals surface area contributed by atoms with Crippen LogP contribution in [0, 0.1) is 0 Å². The molecule has 0 spiro atoms. The minimum atomic E-state index is -4.75. The van der Waals surface area contributed by atoms with Gasteiger partial charge in [-0.15, -0.1) is 0 Å². The number of amides is 2. The zero-order valence-corrected chi connectivity index (χ0v) is 15.1. The summed E-state index contributed by atoms with van der Waals surface area (Å²) in [6.45, 7) is 0.774. The fourth-order valence-electron chi connectivity index (χ4n) is 2.78. The number of alkyl halides is 3. The number of aromatic nitrogens is 2. The molecule has 10 heteroatoms. The summed E-state index contributed by atoms with van der Waals surface area (Å²) in [4.78, 5) is 35.3. The van der Waals surface area contributed by atoms with Crippen molar-refractivity contribution in [1.29, 1.82) is 0 Å². The van der Waals surface area contributed by atoms with Crippen LogP contribution >= 0.6 is 0 Å². The number of hydrogen-bond acceptors (Lipinski definition) is 4. The first-order valence-electron chi connectivity index (χ1n) is 8.38. The molecule has 2 amide bonds. The van der Waals surface area contributed by atoms with Gasteiger partial charge < -0.3 is 10.6 Å². The molecule has 150 valence electrons. The van der Waals surface area contributed by atoms with Gasteiger partial charge in [0, 0.05) is 18.0 Å². The number of benzene rings is 2. The number of hydrogen-bond donors (Lipinski definition) is 2. The molecule has 2 aromatic carbocycles. The number of nitrogens with zero attached hydrogens (tertiary/aromatic N) is 2. The van der Waals surface area contributed by atoms with Crippen molar-refractivity contribution in [2.75, 3.05) is 10.6 Å². The predicted molar refractivity (Wildman–Crippen MR) is 100 cm³/mol. The van der Waals surface area contributed by atoms with Gasteiger partial charge in [0.1, 0.15) is 6.54 Å². The standard InChI is InChI=1S/C19H15F3N4O3/c1-11(27)24-12-6-7-15(14(8-12)19(20,21)22)25-18(29)10-26-16-5-3-2-4-13(16)17(28)9-23-26/h2-9H,10H2,1H3,(H,24,27)(H,25,29). The van der Waals surface area contributed by atoms with Crippen LogP contribution in [0.5, 0.6) is 0 Å². The van der Waals surface area contributed by atoms with Gasteiger partial charge in [0.15, 0.2) is 0 Å². The molecule has 1 aromatic heterocycles. The second kappa shape index (κ2) is 7.74. The lowest BCUT2D eigenvalue weighted by Gasteiger charge is -2.16. The quantitative estimate of drug-likeness (QED) is 0.699. The van der Waals surface area contributed by atoms with Crippen LogP contribution in [0.4, 0.5) is 24.5 Å². The van der Waals surface area contributed by atoms with Gasteiger partial charge in [-0.2, -0.15) is 18.3 Å². The normalized spacial score (nSPS) is 11.3. The molecule has 29 heavy (non-hydrogen) atoms. The van der Waals surface area contributed by atoms with Gasteiger partial charge in [-0.05, 0) is 30.3 Å². The lowest BCUT2D eigenvalue weighted by atomic mass is 10.1. The molecule has 0 aliphatic rings. The van der Waals surface area contributed by atoms with Crippen molar-refractivity contribution in [3.63, 3.8) is 0 Å². The van der Waals surface area contributed by atoms with Crippen LogP contribution < -0.4 is 16.1 Å². The Morgan fingerprint density at radius 1 is 1.10 bits per heavy atom. The number of para-hydroxylation sites is 1. The topological polar surface area (TPSA) is 93.1 Å². The van der Waals surface area contributed by atoms with Crippen molar-refractivity contribution in [1.82, 2.24) is 9.78 Å². The zero-order chi connectivity index (χ0) is 21.2. The fourth-order valence-corrected chi connectivity index (χ4v) is 2.78. The van der Waals surface area contributed by atoms with E-state index in [1.807, 2.05) is 0 Å². The smallest absolute Gasteiger partial charge is 0.326 e. The highest BCUT2D eigenvalue weighted by molar-refractivity contribution is 5.94. The maximum Gasteiger partial charge on any atom is 0.418 e. The molecule has 7 nitrogen and oxygen atoms in total. The monoisotopic (exact) mass is 404 g/mol. The number of halogens is 3. The number of fused-ring (bicyclic) bond motifs is 1. The second-order valence-electron chi connectivity index (χ2n) is 6.17. The summed E-state index contributed by atoms with van der Waals surface area (Å²) in [5, 5.41) is 8.70. The van der Waals surface area contributed by atoms with E-state index in [4.69, 9.17) is 0 Å². The van der Waals surface area contributed by atoms with E-state index < -0.39 is 35.8 Å². The molecule has 0 bridgehead atoms. The minimum Gasteiger partial charge on any atom is -0.326 e. The molecule has 0 radical (unpaired) electrons. The molecule has 3 rings (SSSR count). The number of anilines is 2. The first kappa shape index (κ1) is 20.1.